The van der Waals surface area contributed by atoms with Gasteiger partial charge in [0.2, 0.25) is 0 Å². The van der Waals surface area contributed by atoms with Crippen molar-refractivity contribution in [2.45, 2.75) is 13.8 Å². The normalized spacial score (nSPS) is 8.63. The van der Waals surface area contributed by atoms with E-state index in [2.05, 4.69) is 4.74 Å². The van der Waals surface area contributed by atoms with Crippen LogP contribution >= 0.6 is 0 Å². The van der Waals surface area contributed by atoms with Gasteiger partial charge in [0.15, 0.2) is 0 Å². The molecule has 0 saturated heterocycles. The first-order valence-corrected chi connectivity index (χ1v) is 5.92. The topological polar surface area (TPSA) is 49.7 Å². The molecule has 0 aliphatic rings. The van der Waals surface area contributed by atoms with Crippen LogP contribution in [-0.2, 0) is 4.74 Å². The molecule has 0 unspecified atom stereocenters. The van der Waals surface area contributed by atoms with Crippen LogP contribution in [0.4, 0.5) is 0 Å². The summed E-state index contributed by atoms with van der Waals surface area (Å²) in [6.45, 7) is 3.89. The first-order chi connectivity index (χ1) is 9.02. The van der Waals surface area contributed by atoms with Crippen molar-refractivity contribution in [2.75, 3.05) is 14.2 Å². The molecule has 104 valence electrons. The molecule has 2 N–H and O–H groups in total. The zero-order valence-corrected chi connectivity index (χ0v) is 11.9. The third-order valence-electron chi connectivity index (χ3n) is 2.33. The predicted molar refractivity (Wildman–Crippen MR) is 78.6 cm³/mol. The lowest BCUT2D eigenvalue weighted by Gasteiger charge is -1.99. The number of benzene rings is 2. The number of ether oxygens (including phenoxy) is 1. The summed E-state index contributed by atoms with van der Waals surface area (Å²) in [4.78, 5) is 0. The first-order valence-electron chi connectivity index (χ1n) is 5.92. The second kappa shape index (κ2) is 9.97. The number of aromatic hydroxyl groups is 2. The van der Waals surface area contributed by atoms with Gasteiger partial charge in [-0.2, -0.15) is 0 Å². The van der Waals surface area contributed by atoms with E-state index in [1.54, 1.807) is 44.6 Å². The minimum atomic E-state index is 0.322. The lowest BCUT2D eigenvalue weighted by atomic mass is 10.1. The fraction of sp³-hybridized carbons (Fsp3) is 0.250. The number of hydrogen-bond donors (Lipinski definition) is 2. The van der Waals surface area contributed by atoms with Gasteiger partial charge in [0.25, 0.3) is 0 Å². The van der Waals surface area contributed by atoms with Crippen LogP contribution in [-0.4, -0.2) is 24.4 Å². The van der Waals surface area contributed by atoms with Gasteiger partial charge < -0.3 is 14.9 Å². The largest absolute Gasteiger partial charge is 0.508 e. The van der Waals surface area contributed by atoms with E-state index in [0.29, 0.717) is 11.5 Å². The average Bonchev–Trinajstić information content (AvgIpc) is 2.38. The van der Waals surface area contributed by atoms with Gasteiger partial charge >= 0.3 is 0 Å². The van der Waals surface area contributed by atoms with Gasteiger partial charge in [0, 0.05) is 14.2 Å². The van der Waals surface area contributed by atoms with E-state index in [4.69, 9.17) is 10.2 Å². The molecule has 0 amide bonds. The standard InChI is InChI=1S/C8H10O.C6H6O.C2H6O/c1-6-4-3-5-8(9)7(6)2;7-6-4-2-1-3-5-6;1-3-2/h3-5,9H,1-2H3;1-5,7H;1-2H3. The fourth-order valence-corrected chi connectivity index (χ4v) is 1.16. The molecule has 19 heavy (non-hydrogen) atoms. The van der Waals surface area contributed by atoms with E-state index in [1.165, 1.54) is 0 Å². The molecule has 0 bridgehead atoms. The highest BCUT2D eigenvalue weighted by Gasteiger charge is 1.94. The molecular formula is C16H22O3. The number of methoxy groups -OCH3 is 1. The molecule has 2 aromatic carbocycles. The lowest BCUT2D eigenvalue weighted by Crippen LogP contribution is -1.78. The van der Waals surface area contributed by atoms with Crippen molar-refractivity contribution in [3.63, 3.8) is 0 Å². The minimum absolute atomic E-state index is 0.322. The van der Waals surface area contributed by atoms with Gasteiger partial charge in [-0.15, -0.1) is 0 Å². The Morgan fingerprint density at radius 1 is 0.789 bits per heavy atom. The van der Waals surface area contributed by atoms with Crippen LogP contribution < -0.4 is 0 Å². The number of hydrogen-bond acceptors (Lipinski definition) is 3. The Morgan fingerprint density at radius 3 is 1.63 bits per heavy atom. The maximum Gasteiger partial charge on any atom is 0.118 e. The van der Waals surface area contributed by atoms with Crippen LogP contribution in [0.25, 0.3) is 0 Å². The van der Waals surface area contributed by atoms with Crippen molar-refractivity contribution in [3.8, 4) is 11.5 Å². The van der Waals surface area contributed by atoms with E-state index in [1.807, 2.05) is 32.0 Å². The average molecular weight is 262 g/mol. The van der Waals surface area contributed by atoms with E-state index in [9.17, 15) is 0 Å². The smallest absolute Gasteiger partial charge is 0.118 e. The molecule has 0 radical (unpaired) electrons. The minimum Gasteiger partial charge on any atom is -0.508 e. The molecule has 3 nitrogen and oxygen atoms in total. The SMILES string of the molecule is COC.Cc1cccc(O)c1C.Oc1ccccc1. The van der Waals surface area contributed by atoms with Crippen LogP contribution in [0.3, 0.4) is 0 Å². The van der Waals surface area contributed by atoms with Crippen molar-refractivity contribution < 1.29 is 14.9 Å². The molecule has 2 aromatic rings. The number of para-hydroxylation sites is 1. The molecular weight excluding hydrogens is 240 g/mol. The molecule has 3 heteroatoms. The van der Waals surface area contributed by atoms with Crippen LogP contribution in [0.15, 0.2) is 48.5 Å². The number of rotatable bonds is 0. The molecule has 0 spiro atoms. The molecule has 0 atom stereocenters. The van der Waals surface area contributed by atoms with Crippen molar-refractivity contribution in [1.29, 1.82) is 0 Å². The Bertz CT molecular complexity index is 433. The Kier molecular flexibility index (Phi) is 8.92. The van der Waals surface area contributed by atoms with Gasteiger partial charge in [-0.1, -0.05) is 30.3 Å². The number of phenolic OH excluding ortho intramolecular Hbond substituents is 2. The first kappa shape index (κ1) is 17.0. The molecule has 0 heterocycles. The molecule has 0 aliphatic carbocycles. The maximum absolute atomic E-state index is 9.10. The third-order valence-corrected chi connectivity index (χ3v) is 2.33. The zero-order chi connectivity index (χ0) is 14.7. The Hall–Kier alpha value is -2.00. The fourth-order valence-electron chi connectivity index (χ4n) is 1.16. The van der Waals surface area contributed by atoms with E-state index < -0.39 is 0 Å². The second-order valence-electron chi connectivity index (χ2n) is 3.96. The molecule has 2 rings (SSSR count). The summed E-state index contributed by atoms with van der Waals surface area (Å²) >= 11 is 0. The second-order valence-corrected chi connectivity index (χ2v) is 3.96. The molecule has 0 fully saturated rings. The highest BCUT2D eigenvalue weighted by molar-refractivity contribution is 5.36. The summed E-state index contributed by atoms with van der Waals surface area (Å²) < 4.78 is 4.25. The monoisotopic (exact) mass is 262 g/mol. The summed E-state index contributed by atoms with van der Waals surface area (Å²) in [6, 6.07) is 14.2. The summed E-state index contributed by atoms with van der Waals surface area (Å²) in [5, 5.41) is 17.7. The van der Waals surface area contributed by atoms with Gasteiger partial charge in [-0.05, 0) is 43.2 Å². The van der Waals surface area contributed by atoms with Crippen LogP contribution in [0.2, 0.25) is 0 Å². The van der Waals surface area contributed by atoms with E-state index in [-0.39, 0.29) is 0 Å². The summed E-state index contributed by atoms with van der Waals surface area (Å²) in [6.07, 6.45) is 0. The van der Waals surface area contributed by atoms with Gasteiger partial charge in [-0.25, -0.2) is 0 Å². The van der Waals surface area contributed by atoms with Crippen molar-refractivity contribution >= 4 is 0 Å². The van der Waals surface area contributed by atoms with Crippen molar-refractivity contribution in [3.05, 3.63) is 59.7 Å². The van der Waals surface area contributed by atoms with Crippen LogP contribution in [0, 0.1) is 13.8 Å². The highest BCUT2D eigenvalue weighted by atomic mass is 16.4. The summed E-state index contributed by atoms with van der Waals surface area (Å²) in [5.74, 6) is 0.706. The molecule has 0 aromatic heterocycles. The summed E-state index contributed by atoms with van der Waals surface area (Å²) in [5.41, 5.74) is 2.10. The Morgan fingerprint density at radius 2 is 1.32 bits per heavy atom. The molecule has 0 saturated carbocycles. The van der Waals surface area contributed by atoms with Gasteiger partial charge in [-0.3, -0.25) is 0 Å². The Labute approximate surface area is 115 Å². The maximum atomic E-state index is 9.10. The van der Waals surface area contributed by atoms with Crippen molar-refractivity contribution in [2.24, 2.45) is 0 Å². The van der Waals surface area contributed by atoms with Crippen LogP contribution in [0.1, 0.15) is 11.1 Å². The highest BCUT2D eigenvalue weighted by Crippen LogP contribution is 2.17. The lowest BCUT2D eigenvalue weighted by molar-refractivity contribution is 0.277. The summed E-state index contributed by atoms with van der Waals surface area (Å²) in [7, 11) is 3.25. The van der Waals surface area contributed by atoms with Crippen LogP contribution in [0.5, 0.6) is 11.5 Å². The predicted octanol–water partition coefficient (Wildman–Crippen LogP) is 3.66. The van der Waals surface area contributed by atoms with Gasteiger partial charge in [0.1, 0.15) is 11.5 Å². The Balaban J connectivity index is 0.000000289. The van der Waals surface area contributed by atoms with Gasteiger partial charge in [0.05, 0.1) is 0 Å². The van der Waals surface area contributed by atoms with Crippen molar-refractivity contribution in [1.82, 2.24) is 0 Å². The molecule has 0 aliphatic heterocycles. The third kappa shape index (κ3) is 7.84. The zero-order valence-electron chi connectivity index (χ0n) is 11.9. The number of aryl methyl sites for hydroxylation is 1. The van der Waals surface area contributed by atoms with E-state index >= 15 is 0 Å². The quantitative estimate of drug-likeness (QED) is 0.761. The number of phenols is 2. The van der Waals surface area contributed by atoms with E-state index in [0.717, 1.165) is 11.1 Å².